The number of ether oxygens (including phenoxy) is 1. The second-order valence-electron chi connectivity index (χ2n) is 6.52. The standard InChI is InChI=1S/C18H23N3O4/c1-13(22)12-20-8-10-21(11-9-20)14-2-4-15(5-3-14)25-16-6-7-17(23)19-18(16)24/h2-5,16H,6-12H2,1H3,(H,19,23,24). The smallest absolute Gasteiger partial charge is 0.267 e. The Morgan fingerprint density at radius 3 is 2.44 bits per heavy atom. The number of carbonyl (C=O) groups is 3. The molecular weight excluding hydrogens is 322 g/mol. The van der Waals surface area contributed by atoms with Crippen LogP contribution in [0.2, 0.25) is 0 Å². The fourth-order valence-corrected chi connectivity index (χ4v) is 3.17. The summed E-state index contributed by atoms with van der Waals surface area (Å²) in [6, 6.07) is 7.64. The number of hydrogen-bond donors (Lipinski definition) is 1. The highest BCUT2D eigenvalue weighted by Crippen LogP contribution is 2.22. The first-order valence-corrected chi connectivity index (χ1v) is 8.58. The van der Waals surface area contributed by atoms with Crippen molar-refractivity contribution in [1.29, 1.82) is 0 Å². The van der Waals surface area contributed by atoms with E-state index in [-0.39, 0.29) is 17.6 Å². The van der Waals surface area contributed by atoms with E-state index in [1.165, 1.54) is 0 Å². The normalized spacial score (nSPS) is 21.8. The van der Waals surface area contributed by atoms with Gasteiger partial charge in [-0.2, -0.15) is 0 Å². The van der Waals surface area contributed by atoms with Crippen molar-refractivity contribution in [2.75, 3.05) is 37.6 Å². The fourth-order valence-electron chi connectivity index (χ4n) is 3.17. The zero-order valence-corrected chi connectivity index (χ0v) is 14.4. The lowest BCUT2D eigenvalue weighted by molar-refractivity contribution is -0.138. The number of hydrogen-bond acceptors (Lipinski definition) is 6. The van der Waals surface area contributed by atoms with Crippen molar-refractivity contribution >= 4 is 23.3 Å². The molecule has 0 aliphatic carbocycles. The van der Waals surface area contributed by atoms with Gasteiger partial charge in [0.1, 0.15) is 11.5 Å². The number of benzene rings is 1. The van der Waals surface area contributed by atoms with Gasteiger partial charge in [-0.05, 0) is 31.2 Å². The molecule has 2 heterocycles. The summed E-state index contributed by atoms with van der Waals surface area (Å²) in [6.45, 7) is 5.63. The predicted octanol–water partition coefficient (Wildman–Crippen LogP) is 0.582. The third-order valence-electron chi connectivity index (χ3n) is 4.49. The van der Waals surface area contributed by atoms with Crippen molar-refractivity contribution in [2.45, 2.75) is 25.9 Å². The maximum Gasteiger partial charge on any atom is 0.267 e. The summed E-state index contributed by atoms with van der Waals surface area (Å²) in [4.78, 5) is 38.5. The Morgan fingerprint density at radius 2 is 1.84 bits per heavy atom. The first-order chi connectivity index (χ1) is 12.0. The second kappa shape index (κ2) is 7.65. The van der Waals surface area contributed by atoms with Crippen LogP contribution in [-0.4, -0.2) is 61.3 Å². The van der Waals surface area contributed by atoms with Crippen LogP contribution in [-0.2, 0) is 14.4 Å². The molecule has 2 fully saturated rings. The third-order valence-corrected chi connectivity index (χ3v) is 4.49. The number of piperidine rings is 1. The topological polar surface area (TPSA) is 79.0 Å². The van der Waals surface area contributed by atoms with Gasteiger partial charge in [-0.3, -0.25) is 24.6 Å². The van der Waals surface area contributed by atoms with Crippen LogP contribution in [0.3, 0.4) is 0 Å². The molecule has 25 heavy (non-hydrogen) atoms. The van der Waals surface area contributed by atoms with E-state index in [9.17, 15) is 14.4 Å². The van der Waals surface area contributed by atoms with Gasteiger partial charge in [0, 0.05) is 44.7 Å². The number of piperazine rings is 1. The molecule has 0 aromatic heterocycles. The van der Waals surface area contributed by atoms with E-state index in [4.69, 9.17) is 4.74 Å². The maximum atomic E-state index is 11.7. The zero-order valence-electron chi connectivity index (χ0n) is 14.4. The van der Waals surface area contributed by atoms with E-state index in [1.807, 2.05) is 24.3 Å². The summed E-state index contributed by atoms with van der Waals surface area (Å²) in [5, 5.41) is 2.29. The van der Waals surface area contributed by atoms with Gasteiger partial charge >= 0.3 is 0 Å². The van der Waals surface area contributed by atoms with Crippen LogP contribution in [0.1, 0.15) is 19.8 Å². The van der Waals surface area contributed by atoms with Crippen LogP contribution in [0.15, 0.2) is 24.3 Å². The molecule has 0 radical (unpaired) electrons. The minimum atomic E-state index is -0.612. The number of ketones is 1. The monoisotopic (exact) mass is 345 g/mol. The Hall–Kier alpha value is -2.41. The van der Waals surface area contributed by atoms with Gasteiger partial charge in [0.15, 0.2) is 6.10 Å². The summed E-state index contributed by atoms with van der Waals surface area (Å²) in [7, 11) is 0. The van der Waals surface area contributed by atoms with E-state index < -0.39 is 6.10 Å². The molecule has 1 aromatic rings. The van der Waals surface area contributed by atoms with Gasteiger partial charge in [0.2, 0.25) is 5.91 Å². The molecule has 2 aliphatic rings. The van der Waals surface area contributed by atoms with Crippen molar-refractivity contribution in [3.63, 3.8) is 0 Å². The molecule has 1 unspecified atom stereocenters. The lowest BCUT2D eigenvalue weighted by atomic mass is 10.1. The summed E-state index contributed by atoms with van der Waals surface area (Å²) < 4.78 is 5.69. The number of Topliss-reactive ketones (excluding diaryl/α,β-unsaturated/α-hetero) is 1. The number of carbonyl (C=O) groups excluding carboxylic acids is 3. The predicted molar refractivity (Wildman–Crippen MR) is 92.6 cm³/mol. The van der Waals surface area contributed by atoms with Crippen molar-refractivity contribution < 1.29 is 19.1 Å². The van der Waals surface area contributed by atoms with Crippen LogP contribution in [0.5, 0.6) is 5.75 Å². The third kappa shape index (κ3) is 4.57. The Kier molecular flexibility index (Phi) is 5.33. The molecule has 134 valence electrons. The highest BCUT2D eigenvalue weighted by Gasteiger charge is 2.28. The Labute approximate surface area is 146 Å². The van der Waals surface area contributed by atoms with Crippen LogP contribution in [0.25, 0.3) is 0 Å². The Bertz CT molecular complexity index is 651. The summed E-state index contributed by atoms with van der Waals surface area (Å²) in [5.74, 6) is 0.197. The van der Waals surface area contributed by atoms with Gasteiger partial charge in [-0.15, -0.1) is 0 Å². The molecular formula is C18H23N3O4. The molecule has 2 aliphatic heterocycles. The minimum absolute atomic E-state index is 0.198. The Morgan fingerprint density at radius 1 is 1.16 bits per heavy atom. The number of nitrogens with zero attached hydrogens (tertiary/aromatic N) is 2. The minimum Gasteiger partial charge on any atom is -0.481 e. The fraction of sp³-hybridized carbons (Fsp3) is 0.500. The van der Waals surface area contributed by atoms with E-state index in [0.717, 1.165) is 31.9 Å². The molecule has 2 saturated heterocycles. The molecule has 1 atom stereocenters. The number of nitrogens with one attached hydrogen (secondary N) is 1. The van der Waals surface area contributed by atoms with Crippen LogP contribution >= 0.6 is 0 Å². The average Bonchev–Trinajstić information content (AvgIpc) is 2.58. The van der Waals surface area contributed by atoms with E-state index >= 15 is 0 Å². The summed E-state index contributed by atoms with van der Waals surface area (Å²) in [5.41, 5.74) is 1.10. The zero-order chi connectivity index (χ0) is 17.8. The highest BCUT2D eigenvalue weighted by atomic mass is 16.5. The quantitative estimate of drug-likeness (QED) is 0.787. The molecule has 2 amide bonds. The number of rotatable bonds is 5. The SMILES string of the molecule is CC(=O)CN1CCN(c2ccc(OC3CCC(=O)NC3=O)cc2)CC1. The first-order valence-electron chi connectivity index (χ1n) is 8.58. The van der Waals surface area contributed by atoms with Gasteiger partial charge < -0.3 is 9.64 Å². The number of imide groups is 1. The van der Waals surface area contributed by atoms with Gasteiger partial charge in [-0.25, -0.2) is 0 Å². The van der Waals surface area contributed by atoms with Crippen molar-refractivity contribution in [1.82, 2.24) is 10.2 Å². The number of amides is 2. The van der Waals surface area contributed by atoms with Crippen molar-refractivity contribution in [2.24, 2.45) is 0 Å². The Balaban J connectivity index is 1.53. The van der Waals surface area contributed by atoms with Crippen molar-refractivity contribution in [3.05, 3.63) is 24.3 Å². The molecule has 1 N–H and O–H groups in total. The van der Waals surface area contributed by atoms with E-state index in [2.05, 4.69) is 15.1 Å². The molecule has 7 nitrogen and oxygen atoms in total. The largest absolute Gasteiger partial charge is 0.481 e. The first kappa shape index (κ1) is 17.4. The van der Waals surface area contributed by atoms with E-state index in [1.54, 1.807) is 6.92 Å². The molecule has 7 heteroatoms. The van der Waals surface area contributed by atoms with Gasteiger partial charge in [0.05, 0.1) is 6.54 Å². The maximum absolute atomic E-state index is 11.7. The van der Waals surface area contributed by atoms with E-state index in [0.29, 0.717) is 25.1 Å². The highest BCUT2D eigenvalue weighted by molar-refractivity contribution is 5.99. The molecule has 0 spiro atoms. The van der Waals surface area contributed by atoms with Crippen LogP contribution in [0.4, 0.5) is 5.69 Å². The van der Waals surface area contributed by atoms with Crippen LogP contribution < -0.4 is 15.0 Å². The molecule has 0 bridgehead atoms. The number of anilines is 1. The van der Waals surface area contributed by atoms with Crippen molar-refractivity contribution in [3.8, 4) is 5.75 Å². The molecule has 0 saturated carbocycles. The summed E-state index contributed by atoms with van der Waals surface area (Å²) >= 11 is 0. The lowest BCUT2D eigenvalue weighted by Crippen LogP contribution is -2.47. The van der Waals surface area contributed by atoms with Gasteiger partial charge in [0.25, 0.3) is 5.91 Å². The molecule has 1 aromatic carbocycles. The van der Waals surface area contributed by atoms with Crippen LogP contribution in [0, 0.1) is 0 Å². The average molecular weight is 345 g/mol. The molecule has 3 rings (SSSR count). The lowest BCUT2D eigenvalue weighted by Gasteiger charge is -2.35. The second-order valence-corrected chi connectivity index (χ2v) is 6.52. The summed E-state index contributed by atoms with van der Waals surface area (Å²) in [6.07, 6.45) is 0.0995. The van der Waals surface area contributed by atoms with Gasteiger partial charge in [-0.1, -0.05) is 0 Å².